The molecule has 0 aromatic carbocycles. The third-order valence-electron chi connectivity index (χ3n) is 6.43. The maximum atomic E-state index is 12.2. The van der Waals surface area contributed by atoms with Gasteiger partial charge >= 0.3 is 53.4 Å². The number of carboxylic acids is 1. The molecule has 0 rings (SSSR count). The largest absolute Gasteiger partial charge is 1.00 e. The van der Waals surface area contributed by atoms with Gasteiger partial charge in [0.25, 0.3) is 0 Å². The van der Waals surface area contributed by atoms with E-state index in [0.29, 0.717) is 6.42 Å². The molecule has 0 aromatic heterocycles. The van der Waals surface area contributed by atoms with Crippen LogP contribution in [0.25, 0.3) is 0 Å². The summed E-state index contributed by atoms with van der Waals surface area (Å²) in [4.78, 5) is 58.7. The van der Waals surface area contributed by atoms with E-state index < -0.39 is 54.3 Å². The number of esters is 4. The monoisotopic (exact) mass is 594 g/mol. The second-order valence-electron chi connectivity index (χ2n) is 10.9. The van der Waals surface area contributed by atoms with E-state index in [9.17, 15) is 29.1 Å². The molecule has 232 valence electrons. The van der Waals surface area contributed by atoms with E-state index in [1.807, 2.05) is 0 Å². The standard InChI is InChI=1S/C30H52O10.Na/c1-21(2)19-17-15-13-11-9-7-8-10-12-14-16-18-20-26(31)37-23(4)28(34)39-25(6)30(36)40-24(5)29(35)38-22(3)27(32)33;/h21-25H,7-20H2,1-6H3,(H,32,33);/q;+1/p-1. The van der Waals surface area contributed by atoms with Gasteiger partial charge < -0.3 is 28.8 Å². The van der Waals surface area contributed by atoms with E-state index >= 15 is 0 Å². The summed E-state index contributed by atoms with van der Waals surface area (Å²) >= 11 is 0. The third kappa shape index (κ3) is 22.6. The Labute approximate surface area is 268 Å². The SMILES string of the molecule is CC(C)CCCCCCCCCCCCCCC(=O)OC(C)C(=O)OC(C)C(=O)OC(C)C(=O)OC(C)C(=O)[O-].[Na+]. The molecule has 11 heteroatoms. The average Bonchev–Trinajstić information content (AvgIpc) is 2.88. The summed E-state index contributed by atoms with van der Waals surface area (Å²) in [5.41, 5.74) is 0. The van der Waals surface area contributed by atoms with Crippen LogP contribution in [0.2, 0.25) is 0 Å². The Kier molecular flexibility index (Phi) is 25.2. The molecule has 0 heterocycles. The fourth-order valence-electron chi connectivity index (χ4n) is 3.85. The Morgan fingerprint density at radius 3 is 1.17 bits per heavy atom. The maximum Gasteiger partial charge on any atom is 1.00 e. The summed E-state index contributed by atoms with van der Waals surface area (Å²) in [5, 5.41) is 10.6. The van der Waals surface area contributed by atoms with Crippen molar-refractivity contribution in [1.29, 1.82) is 0 Å². The van der Waals surface area contributed by atoms with Crippen molar-refractivity contribution in [3.05, 3.63) is 0 Å². The van der Waals surface area contributed by atoms with E-state index in [0.717, 1.165) is 32.1 Å². The van der Waals surface area contributed by atoms with Gasteiger partial charge in [-0.2, -0.15) is 0 Å². The fourth-order valence-corrected chi connectivity index (χ4v) is 3.85. The molecule has 0 fully saturated rings. The van der Waals surface area contributed by atoms with Crippen molar-refractivity contribution in [2.24, 2.45) is 5.92 Å². The maximum absolute atomic E-state index is 12.2. The fraction of sp³-hybridized carbons (Fsp3) is 0.833. The average molecular weight is 595 g/mol. The number of unbranched alkanes of at least 4 members (excludes halogenated alkanes) is 11. The zero-order valence-corrected chi connectivity index (χ0v) is 28.4. The molecule has 0 spiro atoms. The van der Waals surface area contributed by atoms with Crippen molar-refractivity contribution < 1.29 is 77.6 Å². The molecule has 10 nitrogen and oxygen atoms in total. The van der Waals surface area contributed by atoms with E-state index in [4.69, 9.17) is 14.2 Å². The first-order valence-electron chi connectivity index (χ1n) is 14.9. The van der Waals surface area contributed by atoms with Crippen LogP contribution in [-0.4, -0.2) is 54.3 Å². The summed E-state index contributed by atoms with van der Waals surface area (Å²) in [6, 6.07) is 0. The Morgan fingerprint density at radius 2 is 0.805 bits per heavy atom. The van der Waals surface area contributed by atoms with Crippen molar-refractivity contribution in [3.63, 3.8) is 0 Å². The van der Waals surface area contributed by atoms with Gasteiger partial charge in [0.1, 0.15) is 6.10 Å². The Balaban J connectivity index is 0. The number of carbonyl (C=O) groups excluding carboxylic acids is 5. The molecule has 0 aromatic rings. The number of hydrogen-bond acceptors (Lipinski definition) is 10. The zero-order valence-electron chi connectivity index (χ0n) is 26.4. The number of hydrogen-bond donors (Lipinski definition) is 0. The number of carbonyl (C=O) groups is 5. The second kappa shape index (κ2) is 24.9. The number of aliphatic carboxylic acids is 1. The molecule has 0 aliphatic heterocycles. The molecule has 0 saturated heterocycles. The van der Waals surface area contributed by atoms with E-state index in [1.54, 1.807) is 0 Å². The normalized spacial score (nSPS) is 13.7. The van der Waals surface area contributed by atoms with Crippen molar-refractivity contribution in [2.75, 3.05) is 0 Å². The van der Waals surface area contributed by atoms with Gasteiger partial charge in [0.15, 0.2) is 18.3 Å². The summed E-state index contributed by atoms with van der Waals surface area (Å²) < 4.78 is 19.5. The van der Waals surface area contributed by atoms with Crippen LogP contribution < -0.4 is 34.7 Å². The molecule has 0 saturated carbocycles. The van der Waals surface area contributed by atoms with Crippen LogP contribution in [0, 0.1) is 5.92 Å². The molecule has 0 aliphatic carbocycles. The van der Waals surface area contributed by atoms with Crippen LogP contribution in [0.4, 0.5) is 0 Å². The molecule has 41 heavy (non-hydrogen) atoms. The smallest absolute Gasteiger partial charge is 0.546 e. The van der Waals surface area contributed by atoms with Gasteiger partial charge in [-0.05, 0) is 40.0 Å². The predicted molar refractivity (Wildman–Crippen MR) is 147 cm³/mol. The van der Waals surface area contributed by atoms with Crippen LogP contribution in [-0.2, 0) is 42.9 Å². The van der Waals surface area contributed by atoms with Gasteiger partial charge in [0.2, 0.25) is 0 Å². The van der Waals surface area contributed by atoms with E-state index in [2.05, 4.69) is 18.6 Å². The molecule has 0 bridgehead atoms. The zero-order chi connectivity index (χ0) is 30.5. The minimum atomic E-state index is -1.60. The quantitative estimate of drug-likeness (QED) is 0.0740. The van der Waals surface area contributed by atoms with E-state index in [1.165, 1.54) is 78.6 Å². The van der Waals surface area contributed by atoms with Gasteiger partial charge in [-0.3, -0.25) is 4.79 Å². The predicted octanol–water partition coefficient (Wildman–Crippen LogP) is 1.58. The van der Waals surface area contributed by atoms with Gasteiger partial charge in [-0.1, -0.05) is 90.9 Å². The van der Waals surface area contributed by atoms with Crippen LogP contribution >= 0.6 is 0 Å². The summed E-state index contributed by atoms with van der Waals surface area (Å²) in [6.45, 7) is 9.39. The Hall–Kier alpha value is -1.65. The third-order valence-corrected chi connectivity index (χ3v) is 6.43. The molecule has 4 atom stereocenters. The molecular weight excluding hydrogens is 543 g/mol. The van der Waals surface area contributed by atoms with Crippen molar-refractivity contribution in [2.45, 2.75) is 156 Å². The molecule has 0 N–H and O–H groups in total. The van der Waals surface area contributed by atoms with Crippen LogP contribution in [0.15, 0.2) is 0 Å². The number of ether oxygens (including phenoxy) is 4. The van der Waals surface area contributed by atoms with Crippen molar-refractivity contribution in [3.8, 4) is 0 Å². The van der Waals surface area contributed by atoms with Crippen LogP contribution in [0.5, 0.6) is 0 Å². The Bertz CT molecular complexity index is 770. The first kappa shape index (κ1) is 41.5. The van der Waals surface area contributed by atoms with E-state index in [-0.39, 0.29) is 36.0 Å². The van der Waals surface area contributed by atoms with Gasteiger partial charge in [-0.15, -0.1) is 0 Å². The van der Waals surface area contributed by atoms with Crippen LogP contribution in [0.3, 0.4) is 0 Å². The Morgan fingerprint density at radius 1 is 0.488 bits per heavy atom. The minimum Gasteiger partial charge on any atom is -0.546 e. The van der Waals surface area contributed by atoms with Gasteiger partial charge in [-0.25, -0.2) is 14.4 Å². The van der Waals surface area contributed by atoms with Crippen molar-refractivity contribution >= 4 is 29.8 Å². The minimum absolute atomic E-state index is 0. The van der Waals surface area contributed by atoms with Gasteiger partial charge in [0, 0.05) is 6.42 Å². The first-order chi connectivity index (χ1) is 18.8. The molecule has 4 unspecified atom stereocenters. The summed E-state index contributed by atoms with van der Waals surface area (Å²) in [6.07, 6.45) is 10.2. The number of carboxylic acid groups (broad SMARTS) is 1. The van der Waals surface area contributed by atoms with Crippen molar-refractivity contribution in [1.82, 2.24) is 0 Å². The summed E-state index contributed by atoms with van der Waals surface area (Å²) in [5.74, 6) is -4.39. The molecule has 0 amide bonds. The van der Waals surface area contributed by atoms with Gasteiger partial charge in [0.05, 0.1) is 5.97 Å². The molecule has 0 aliphatic rings. The van der Waals surface area contributed by atoms with Crippen LogP contribution in [0.1, 0.15) is 131 Å². The molecule has 0 radical (unpaired) electrons. The topological polar surface area (TPSA) is 145 Å². The first-order valence-corrected chi connectivity index (χ1v) is 14.9. The number of rotatable bonds is 23. The second-order valence-corrected chi connectivity index (χ2v) is 10.9. The summed E-state index contributed by atoms with van der Waals surface area (Å²) in [7, 11) is 0. The molecular formula is C30H51NaO10.